The van der Waals surface area contributed by atoms with E-state index in [1.54, 1.807) is 12.1 Å². The molecule has 1 aromatic heterocycles. The highest BCUT2D eigenvalue weighted by atomic mass is 35.5. The van der Waals surface area contributed by atoms with Crippen molar-refractivity contribution in [2.75, 3.05) is 11.9 Å². The number of nitro groups is 1. The first-order chi connectivity index (χ1) is 13.4. The molecule has 1 amide bonds. The van der Waals surface area contributed by atoms with Crippen molar-refractivity contribution in [3.63, 3.8) is 0 Å². The maximum atomic E-state index is 12.2. The van der Waals surface area contributed by atoms with Crippen LogP contribution in [0.3, 0.4) is 0 Å². The van der Waals surface area contributed by atoms with E-state index in [9.17, 15) is 19.7 Å². The molecule has 3 rings (SSSR count). The predicted octanol–water partition coefficient (Wildman–Crippen LogP) is 2.62. The van der Waals surface area contributed by atoms with E-state index < -0.39 is 23.4 Å². The van der Waals surface area contributed by atoms with Crippen LogP contribution in [0.25, 0.3) is 5.69 Å². The van der Waals surface area contributed by atoms with Gasteiger partial charge in [-0.2, -0.15) is 5.10 Å². The summed E-state index contributed by atoms with van der Waals surface area (Å²) < 4.78 is 6.37. The van der Waals surface area contributed by atoms with E-state index in [1.807, 2.05) is 0 Å². The van der Waals surface area contributed by atoms with Crippen molar-refractivity contribution in [1.82, 2.24) is 14.8 Å². The van der Waals surface area contributed by atoms with Crippen molar-refractivity contribution in [2.24, 2.45) is 0 Å². The highest BCUT2D eigenvalue weighted by Gasteiger charge is 2.14. The Hall–Kier alpha value is -3.79. The minimum Gasteiger partial charge on any atom is -0.452 e. The zero-order valence-corrected chi connectivity index (χ0v) is 14.9. The van der Waals surface area contributed by atoms with Crippen LogP contribution in [0.5, 0.6) is 0 Å². The summed E-state index contributed by atoms with van der Waals surface area (Å²) in [6, 6.07) is 9.64. The molecule has 0 radical (unpaired) electrons. The number of hydrogen-bond donors (Lipinski definition) is 1. The van der Waals surface area contributed by atoms with Gasteiger partial charge >= 0.3 is 5.97 Å². The van der Waals surface area contributed by atoms with E-state index in [2.05, 4.69) is 15.4 Å². The van der Waals surface area contributed by atoms with Gasteiger partial charge in [0.15, 0.2) is 6.61 Å². The van der Waals surface area contributed by atoms with E-state index in [0.29, 0.717) is 16.4 Å². The van der Waals surface area contributed by atoms with E-state index in [0.717, 1.165) is 0 Å². The second kappa shape index (κ2) is 8.27. The summed E-state index contributed by atoms with van der Waals surface area (Å²) >= 11 is 5.97. The number of benzene rings is 2. The van der Waals surface area contributed by atoms with Crippen LogP contribution >= 0.6 is 11.6 Å². The summed E-state index contributed by atoms with van der Waals surface area (Å²) in [5.74, 6) is -1.38. The van der Waals surface area contributed by atoms with Crippen LogP contribution in [0, 0.1) is 10.1 Å². The Bertz CT molecular complexity index is 1020. The molecule has 0 spiro atoms. The Morgan fingerprint density at radius 1 is 1.21 bits per heavy atom. The lowest BCUT2D eigenvalue weighted by molar-refractivity contribution is -0.384. The average molecular weight is 402 g/mol. The van der Waals surface area contributed by atoms with Crippen molar-refractivity contribution in [2.45, 2.75) is 0 Å². The predicted molar refractivity (Wildman–Crippen MR) is 98.4 cm³/mol. The van der Waals surface area contributed by atoms with Gasteiger partial charge in [-0.25, -0.2) is 14.5 Å². The van der Waals surface area contributed by atoms with Crippen LogP contribution in [0.15, 0.2) is 55.1 Å². The number of rotatable bonds is 6. The number of nitro benzene ring substituents is 1. The number of aromatic nitrogens is 3. The third-order valence-corrected chi connectivity index (χ3v) is 3.78. The molecule has 0 saturated carbocycles. The van der Waals surface area contributed by atoms with Crippen molar-refractivity contribution >= 4 is 34.9 Å². The second-order valence-corrected chi connectivity index (χ2v) is 5.87. The van der Waals surface area contributed by atoms with Gasteiger partial charge in [0.25, 0.3) is 11.6 Å². The first-order valence-corrected chi connectivity index (χ1v) is 8.18. The Morgan fingerprint density at radius 2 is 1.96 bits per heavy atom. The van der Waals surface area contributed by atoms with Crippen LogP contribution in [0.4, 0.5) is 11.4 Å². The fourth-order valence-corrected chi connectivity index (χ4v) is 2.43. The lowest BCUT2D eigenvalue weighted by Gasteiger charge is -2.11. The highest BCUT2D eigenvalue weighted by Crippen LogP contribution is 2.24. The molecule has 1 N–H and O–H groups in total. The topological polar surface area (TPSA) is 129 Å². The number of nitrogens with one attached hydrogen (secondary N) is 1. The fourth-order valence-electron chi connectivity index (χ4n) is 2.26. The Kier molecular flexibility index (Phi) is 5.61. The van der Waals surface area contributed by atoms with E-state index >= 15 is 0 Å². The van der Waals surface area contributed by atoms with Crippen LogP contribution in [-0.4, -0.2) is 38.2 Å². The van der Waals surface area contributed by atoms with Crippen LogP contribution in [0.2, 0.25) is 5.02 Å². The SMILES string of the molecule is O=C(COC(=O)c1ccc([N+](=O)[O-])cc1)Nc1cc(Cl)ccc1-n1cncn1. The molecule has 2 aromatic carbocycles. The number of esters is 1. The molecule has 142 valence electrons. The molecule has 0 bridgehead atoms. The molecule has 1 heterocycles. The van der Waals surface area contributed by atoms with Crippen molar-refractivity contribution in [3.05, 3.63) is 75.8 Å². The quantitative estimate of drug-likeness (QED) is 0.381. The van der Waals surface area contributed by atoms with E-state index in [4.69, 9.17) is 16.3 Å². The molecular weight excluding hydrogens is 390 g/mol. The smallest absolute Gasteiger partial charge is 0.338 e. The molecule has 0 unspecified atom stereocenters. The van der Waals surface area contributed by atoms with Gasteiger partial charge in [0, 0.05) is 17.2 Å². The maximum absolute atomic E-state index is 12.2. The third-order valence-electron chi connectivity index (χ3n) is 3.55. The Morgan fingerprint density at radius 3 is 2.61 bits per heavy atom. The molecule has 0 aliphatic carbocycles. The molecule has 0 aliphatic rings. The number of halogens is 1. The molecule has 0 fully saturated rings. The summed E-state index contributed by atoms with van der Waals surface area (Å²) in [6.07, 6.45) is 2.79. The lowest BCUT2D eigenvalue weighted by Crippen LogP contribution is -2.21. The van der Waals surface area contributed by atoms with Gasteiger partial charge < -0.3 is 10.1 Å². The van der Waals surface area contributed by atoms with Crippen molar-refractivity contribution < 1.29 is 19.2 Å². The molecule has 0 atom stereocenters. The second-order valence-electron chi connectivity index (χ2n) is 5.43. The zero-order chi connectivity index (χ0) is 20.1. The summed E-state index contributed by atoms with van der Waals surface area (Å²) in [7, 11) is 0. The summed E-state index contributed by atoms with van der Waals surface area (Å²) in [5.41, 5.74) is 0.812. The van der Waals surface area contributed by atoms with Crippen LogP contribution in [0.1, 0.15) is 10.4 Å². The maximum Gasteiger partial charge on any atom is 0.338 e. The number of non-ortho nitro benzene ring substituents is 1. The van der Waals surface area contributed by atoms with Crippen LogP contribution < -0.4 is 5.32 Å². The highest BCUT2D eigenvalue weighted by molar-refractivity contribution is 6.31. The average Bonchev–Trinajstić information content (AvgIpc) is 3.21. The summed E-state index contributed by atoms with van der Waals surface area (Å²) in [5, 5.41) is 17.6. The monoisotopic (exact) mass is 401 g/mol. The standard InChI is InChI=1S/C17H12ClN5O5/c18-12-3-6-15(22-10-19-9-20-22)14(7-12)21-16(24)8-28-17(25)11-1-4-13(5-2-11)23(26)27/h1-7,9-10H,8H2,(H,21,24). The summed E-state index contributed by atoms with van der Waals surface area (Å²) in [6.45, 7) is -0.556. The fraction of sp³-hybridized carbons (Fsp3) is 0.0588. The van der Waals surface area contributed by atoms with Crippen LogP contribution in [-0.2, 0) is 9.53 Å². The largest absolute Gasteiger partial charge is 0.452 e. The molecular formula is C17H12ClN5O5. The van der Waals surface area contributed by atoms with Gasteiger partial charge in [-0.05, 0) is 30.3 Å². The minimum absolute atomic E-state index is 0.0875. The lowest BCUT2D eigenvalue weighted by atomic mass is 10.2. The molecule has 0 aliphatic heterocycles. The number of amides is 1. The number of nitrogens with zero attached hydrogens (tertiary/aromatic N) is 4. The van der Waals surface area contributed by atoms with Gasteiger partial charge in [-0.1, -0.05) is 11.6 Å². The minimum atomic E-state index is -0.785. The van der Waals surface area contributed by atoms with Gasteiger partial charge in [0.05, 0.1) is 21.9 Å². The van der Waals surface area contributed by atoms with Crippen molar-refractivity contribution in [1.29, 1.82) is 0 Å². The normalized spacial score (nSPS) is 10.3. The number of hydrogen-bond acceptors (Lipinski definition) is 7. The van der Waals surface area contributed by atoms with Gasteiger partial charge in [0.2, 0.25) is 0 Å². The molecule has 3 aromatic rings. The first-order valence-electron chi connectivity index (χ1n) is 7.80. The number of carbonyl (C=O) groups is 2. The van der Waals surface area contributed by atoms with Crippen molar-refractivity contribution in [3.8, 4) is 5.69 Å². The van der Waals surface area contributed by atoms with Gasteiger partial charge in [-0.15, -0.1) is 0 Å². The molecule has 28 heavy (non-hydrogen) atoms. The molecule has 10 nitrogen and oxygen atoms in total. The Balaban J connectivity index is 1.64. The summed E-state index contributed by atoms with van der Waals surface area (Å²) in [4.78, 5) is 38.0. The molecule has 0 saturated heterocycles. The number of carbonyl (C=O) groups excluding carboxylic acids is 2. The number of anilines is 1. The Labute approximate surface area is 162 Å². The number of ether oxygens (including phenoxy) is 1. The van der Waals surface area contributed by atoms with E-state index in [-0.39, 0.29) is 11.3 Å². The van der Waals surface area contributed by atoms with Gasteiger partial charge in [-0.3, -0.25) is 14.9 Å². The molecule has 11 heteroatoms. The van der Waals surface area contributed by atoms with E-state index in [1.165, 1.54) is 47.7 Å². The first kappa shape index (κ1) is 19.0. The zero-order valence-electron chi connectivity index (χ0n) is 14.1. The van der Waals surface area contributed by atoms with Gasteiger partial charge in [0.1, 0.15) is 12.7 Å². The third kappa shape index (κ3) is 4.48.